The third-order valence-electron chi connectivity index (χ3n) is 3.44. The van der Waals surface area contributed by atoms with Gasteiger partial charge in [-0.25, -0.2) is 8.42 Å². The van der Waals surface area contributed by atoms with Gasteiger partial charge in [-0.15, -0.1) is 0 Å². The lowest BCUT2D eigenvalue weighted by Gasteiger charge is -2.14. The molecule has 2 aromatic rings. The molecule has 7 heteroatoms. The van der Waals surface area contributed by atoms with Crippen LogP contribution in [0.2, 0.25) is 5.02 Å². The molecular weight excluding hydrogens is 348 g/mol. The molecule has 0 heterocycles. The lowest BCUT2D eigenvalue weighted by molar-refractivity contribution is -0.122. The van der Waals surface area contributed by atoms with Crippen LogP contribution in [0, 0.1) is 6.92 Å². The second-order valence-electron chi connectivity index (χ2n) is 5.50. The first-order chi connectivity index (χ1) is 11.3. The summed E-state index contributed by atoms with van der Waals surface area (Å²) in [6.07, 6.45) is 0. The van der Waals surface area contributed by atoms with E-state index in [0.717, 1.165) is 11.1 Å². The average molecular weight is 367 g/mol. The number of nitrogens with one attached hydrogen (secondary N) is 2. The SMILES string of the molecule is Cc1ccc(CNC(=O)[C@@H](C)NS(=O)(=O)c2ccc(Cl)cc2)cc1. The highest BCUT2D eigenvalue weighted by Crippen LogP contribution is 2.14. The summed E-state index contributed by atoms with van der Waals surface area (Å²) in [5, 5.41) is 3.16. The van der Waals surface area contributed by atoms with E-state index in [2.05, 4.69) is 10.0 Å². The minimum atomic E-state index is -3.78. The molecule has 2 N–H and O–H groups in total. The summed E-state index contributed by atoms with van der Waals surface area (Å²) in [7, 11) is -3.78. The normalized spacial score (nSPS) is 12.6. The van der Waals surface area contributed by atoms with Gasteiger partial charge in [-0.1, -0.05) is 41.4 Å². The predicted molar refractivity (Wildman–Crippen MR) is 94.3 cm³/mol. The highest BCUT2D eigenvalue weighted by molar-refractivity contribution is 7.89. The maximum absolute atomic E-state index is 12.2. The van der Waals surface area contributed by atoms with Crippen molar-refractivity contribution in [3.05, 3.63) is 64.7 Å². The topological polar surface area (TPSA) is 75.3 Å². The predicted octanol–water partition coefficient (Wildman–Crippen LogP) is 2.63. The lowest BCUT2D eigenvalue weighted by atomic mass is 10.1. The lowest BCUT2D eigenvalue weighted by Crippen LogP contribution is -2.44. The summed E-state index contributed by atoms with van der Waals surface area (Å²) in [5.41, 5.74) is 2.08. The summed E-state index contributed by atoms with van der Waals surface area (Å²) >= 11 is 5.75. The number of hydrogen-bond donors (Lipinski definition) is 2. The maximum atomic E-state index is 12.2. The van der Waals surface area contributed by atoms with Crippen LogP contribution in [-0.4, -0.2) is 20.4 Å². The number of hydrogen-bond acceptors (Lipinski definition) is 3. The summed E-state index contributed by atoms with van der Waals surface area (Å²) in [5.74, 6) is -0.395. The molecule has 0 radical (unpaired) electrons. The number of halogens is 1. The van der Waals surface area contributed by atoms with Crippen molar-refractivity contribution in [2.24, 2.45) is 0 Å². The van der Waals surface area contributed by atoms with Gasteiger partial charge in [-0.3, -0.25) is 4.79 Å². The van der Waals surface area contributed by atoms with Crippen molar-refractivity contribution >= 4 is 27.5 Å². The van der Waals surface area contributed by atoms with E-state index in [-0.39, 0.29) is 4.90 Å². The van der Waals surface area contributed by atoms with Gasteiger partial charge in [0.25, 0.3) is 0 Å². The molecule has 0 aliphatic heterocycles. The highest BCUT2D eigenvalue weighted by atomic mass is 35.5. The van der Waals surface area contributed by atoms with E-state index in [9.17, 15) is 13.2 Å². The van der Waals surface area contributed by atoms with Crippen molar-refractivity contribution in [3.63, 3.8) is 0 Å². The molecule has 0 saturated heterocycles. The maximum Gasteiger partial charge on any atom is 0.241 e. The van der Waals surface area contributed by atoms with Gasteiger partial charge < -0.3 is 5.32 Å². The molecule has 5 nitrogen and oxygen atoms in total. The molecule has 0 aliphatic rings. The minimum absolute atomic E-state index is 0.0603. The van der Waals surface area contributed by atoms with Crippen molar-refractivity contribution in [2.75, 3.05) is 0 Å². The number of carbonyl (C=O) groups excluding carboxylic acids is 1. The van der Waals surface area contributed by atoms with E-state index in [0.29, 0.717) is 11.6 Å². The Hall–Kier alpha value is -1.89. The molecule has 0 fully saturated rings. The quantitative estimate of drug-likeness (QED) is 0.825. The standard InChI is InChI=1S/C17H19ClN2O3S/c1-12-3-5-14(6-4-12)11-19-17(21)13(2)20-24(22,23)16-9-7-15(18)8-10-16/h3-10,13,20H,11H2,1-2H3,(H,19,21)/t13-/m1/s1. The fourth-order valence-electron chi connectivity index (χ4n) is 2.02. The third-order valence-corrected chi connectivity index (χ3v) is 5.25. The number of rotatable bonds is 6. The second kappa shape index (κ2) is 7.79. The van der Waals surface area contributed by atoms with Crippen molar-refractivity contribution in [1.29, 1.82) is 0 Å². The summed E-state index contributed by atoms with van der Waals surface area (Å²) in [4.78, 5) is 12.1. The molecule has 0 bridgehead atoms. The van der Waals surface area contributed by atoms with Crippen molar-refractivity contribution in [2.45, 2.75) is 31.3 Å². The van der Waals surface area contributed by atoms with E-state index in [1.165, 1.54) is 31.2 Å². The summed E-state index contributed by atoms with van der Waals surface area (Å²) in [6, 6.07) is 12.6. The Morgan fingerprint density at radius 3 is 2.25 bits per heavy atom. The van der Waals surface area contributed by atoms with Crippen molar-refractivity contribution in [1.82, 2.24) is 10.0 Å². The molecule has 24 heavy (non-hydrogen) atoms. The monoisotopic (exact) mass is 366 g/mol. The van der Waals surface area contributed by atoms with Gasteiger partial charge >= 0.3 is 0 Å². The van der Waals surface area contributed by atoms with Gasteiger partial charge in [0, 0.05) is 11.6 Å². The van der Waals surface area contributed by atoms with Gasteiger partial charge in [-0.05, 0) is 43.7 Å². The van der Waals surface area contributed by atoms with E-state index in [1.807, 2.05) is 31.2 Å². The second-order valence-corrected chi connectivity index (χ2v) is 7.65. The highest BCUT2D eigenvalue weighted by Gasteiger charge is 2.21. The Balaban J connectivity index is 1.95. The zero-order valence-corrected chi connectivity index (χ0v) is 15.0. The molecule has 0 aliphatic carbocycles. The third kappa shape index (κ3) is 5.06. The molecule has 0 saturated carbocycles. The van der Waals surface area contributed by atoms with E-state index in [1.54, 1.807) is 0 Å². The molecule has 2 aromatic carbocycles. The Bertz CT molecular complexity index is 803. The van der Waals surface area contributed by atoms with Crippen molar-refractivity contribution < 1.29 is 13.2 Å². The van der Waals surface area contributed by atoms with Crippen LogP contribution in [0.1, 0.15) is 18.1 Å². The number of benzene rings is 2. The van der Waals surface area contributed by atoms with Crippen LogP contribution < -0.4 is 10.0 Å². The van der Waals surface area contributed by atoms with E-state index in [4.69, 9.17) is 11.6 Å². The van der Waals surface area contributed by atoms with Gasteiger partial charge in [0.1, 0.15) is 0 Å². The fraction of sp³-hybridized carbons (Fsp3) is 0.235. The molecule has 2 rings (SSSR count). The number of amides is 1. The van der Waals surface area contributed by atoms with Gasteiger partial charge in [-0.2, -0.15) is 4.72 Å². The number of carbonyl (C=O) groups is 1. The van der Waals surface area contributed by atoms with Gasteiger partial charge in [0.2, 0.25) is 15.9 Å². The van der Waals surface area contributed by atoms with Gasteiger partial charge in [0.15, 0.2) is 0 Å². The van der Waals surface area contributed by atoms with Crippen molar-refractivity contribution in [3.8, 4) is 0 Å². The minimum Gasteiger partial charge on any atom is -0.351 e. The smallest absolute Gasteiger partial charge is 0.241 e. The van der Waals surface area contributed by atoms with Crippen LogP contribution in [0.4, 0.5) is 0 Å². The van der Waals surface area contributed by atoms with E-state index < -0.39 is 22.0 Å². The van der Waals surface area contributed by atoms with Crippen LogP contribution in [-0.2, 0) is 21.4 Å². The molecule has 128 valence electrons. The zero-order valence-electron chi connectivity index (χ0n) is 13.4. The van der Waals surface area contributed by atoms with Crippen LogP contribution in [0.15, 0.2) is 53.4 Å². The first-order valence-corrected chi connectivity index (χ1v) is 9.25. The first-order valence-electron chi connectivity index (χ1n) is 7.39. The summed E-state index contributed by atoms with van der Waals surface area (Å²) in [6.45, 7) is 3.82. The van der Waals surface area contributed by atoms with Crippen LogP contribution >= 0.6 is 11.6 Å². The number of aryl methyl sites for hydroxylation is 1. The molecule has 1 atom stereocenters. The van der Waals surface area contributed by atoms with Crippen LogP contribution in [0.5, 0.6) is 0 Å². The molecule has 0 spiro atoms. The van der Waals surface area contributed by atoms with E-state index >= 15 is 0 Å². The Morgan fingerprint density at radius 1 is 1.08 bits per heavy atom. The molecule has 0 unspecified atom stereocenters. The van der Waals surface area contributed by atoms with Gasteiger partial charge in [0.05, 0.1) is 10.9 Å². The van der Waals surface area contributed by atoms with Crippen LogP contribution in [0.3, 0.4) is 0 Å². The molecule has 0 aromatic heterocycles. The molecule has 1 amide bonds. The Kier molecular flexibility index (Phi) is 5.99. The zero-order chi connectivity index (χ0) is 17.7. The summed E-state index contributed by atoms with van der Waals surface area (Å²) < 4.78 is 26.8. The molecular formula is C17H19ClN2O3S. The average Bonchev–Trinajstić information content (AvgIpc) is 2.54. The first kappa shape index (κ1) is 18.4. The fourth-order valence-corrected chi connectivity index (χ4v) is 3.35. The Labute approximate surface area is 147 Å². The largest absolute Gasteiger partial charge is 0.351 e. The Morgan fingerprint density at radius 2 is 1.67 bits per heavy atom. The van der Waals surface area contributed by atoms with Crippen LogP contribution in [0.25, 0.3) is 0 Å². The number of sulfonamides is 1.